The molecule has 10 heteroatoms. The molecule has 0 aliphatic carbocycles. The Balaban J connectivity index is 0.00000380. The van der Waals surface area contributed by atoms with Crippen LogP contribution in [0.4, 0.5) is 5.69 Å². The largest absolute Gasteiger partial charge is 0.353 e. The van der Waals surface area contributed by atoms with Crippen molar-refractivity contribution in [2.75, 3.05) is 44.7 Å². The third-order valence-electron chi connectivity index (χ3n) is 6.68. The lowest BCUT2D eigenvalue weighted by Gasteiger charge is -2.32. The van der Waals surface area contributed by atoms with Gasteiger partial charge in [-0.1, -0.05) is 31.2 Å². The van der Waals surface area contributed by atoms with Gasteiger partial charge in [0.15, 0.2) is 0 Å². The Morgan fingerprint density at radius 3 is 2.41 bits per heavy atom. The topological polar surface area (TPSA) is 85.7 Å². The molecule has 0 spiro atoms. The van der Waals surface area contributed by atoms with Gasteiger partial charge in [-0.2, -0.15) is 5.10 Å². The van der Waals surface area contributed by atoms with E-state index in [4.69, 9.17) is 0 Å². The first-order valence-electron chi connectivity index (χ1n) is 12.7. The van der Waals surface area contributed by atoms with Crippen LogP contribution in [0.5, 0.6) is 0 Å². The van der Waals surface area contributed by atoms with Crippen molar-refractivity contribution >= 4 is 40.8 Å². The molecule has 4 rings (SSSR count). The highest BCUT2D eigenvalue weighted by atomic mass is 35.5. The molecule has 9 nitrogen and oxygen atoms in total. The molecule has 0 unspecified atom stereocenters. The highest BCUT2D eigenvalue weighted by Crippen LogP contribution is 2.27. The molecule has 2 heterocycles. The number of halogens is 1. The first-order chi connectivity index (χ1) is 17.4. The molecule has 37 heavy (non-hydrogen) atoms. The lowest BCUT2D eigenvalue weighted by molar-refractivity contribution is -0.145. The molecule has 0 saturated carbocycles. The summed E-state index contributed by atoms with van der Waals surface area (Å²) in [5, 5.41) is 15.5. The summed E-state index contributed by atoms with van der Waals surface area (Å²) in [5.41, 5.74) is 5.23. The molecule has 0 saturated heterocycles. The number of hydrogen-bond acceptors (Lipinski definition) is 6. The number of carbonyl (C=O) groups is 2. The number of benzene rings is 2. The average molecular weight is 528 g/mol. The fourth-order valence-corrected chi connectivity index (χ4v) is 4.59. The van der Waals surface area contributed by atoms with Crippen LogP contribution in [0, 0.1) is 6.92 Å². The first kappa shape index (κ1) is 28.4. The van der Waals surface area contributed by atoms with Crippen LogP contribution in [0.2, 0.25) is 0 Å². The zero-order chi connectivity index (χ0) is 25.7. The minimum absolute atomic E-state index is 0. The Kier molecular flexibility index (Phi) is 9.91. The number of carbonyl (C=O) groups excluding carboxylic acids is 2. The Labute approximate surface area is 225 Å². The van der Waals surface area contributed by atoms with Crippen molar-refractivity contribution in [2.24, 2.45) is 0 Å². The molecule has 0 radical (unpaired) electrons. The molecular formula is C27H38ClN7O2. The Hall–Kier alpha value is -3.14. The van der Waals surface area contributed by atoms with Gasteiger partial charge in [0, 0.05) is 57.0 Å². The highest BCUT2D eigenvalue weighted by Gasteiger charge is 2.27. The molecular weight excluding hydrogens is 490 g/mol. The van der Waals surface area contributed by atoms with Gasteiger partial charge < -0.3 is 15.5 Å². The van der Waals surface area contributed by atoms with Gasteiger partial charge in [0.05, 0.1) is 18.6 Å². The predicted molar refractivity (Wildman–Crippen MR) is 150 cm³/mol. The number of fused-ring (bicyclic) bond motifs is 2. The molecule has 0 atom stereocenters. The summed E-state index contributed by atoms with van der Waals surface area (Å²) < 4.78 is 1.90. The number of hydrazine groups is 1. The van der Waals surface area contributed by atoms with E-state index in [1.54, 1.807) is 5.01 Å². The lowest BCUT2D eigenvalue weighted by atomic mass is 10.1. The number of anilines is 1. The van der Waals surface area contributed by atoms with Crippen LogP contribution in [0.15, 0.2) is 42.6 Å². The van der Waals surface area contributed by atoms with E-state index >= 15 is 0 Å². The third kappa shape index (κ3) is 6.80. The van der Waals surface area contributed by atoms with E-state index in [0.29, 0.717) is 26.2 Å². The summed E-state index contributed by atoms with van der Waals surface area (Å²) in [4.78, 5) is 28.2. The number of aromatic nitrogens is 2. The van der Waals surface area contributed by atoms with Gasteiger partial charge in [0.1, 0.15) is 0 Å². The Morgan fingerprint density at radius 1 is 1.05 bits per heavy atom. The summed E-state index contributed by atoms with van der Waals surface area (Å²) in [6.07, 6.45) is 2.00. The molecule has 200 valence electrons. The van der Waals surface area contributed by atoms with Gasteiger partial charge in [0.25, 0.3) is 5.91 Å². The van der Waals surface area contributed by atoms with Crippen molar-refractivity contribution in [3.05, 3.63) is 59.3 Å². The van der Waals surface area contributed by atoms with Crippen molar-refractivity contribution in [1.82, 2.24) is 30.4 Å². The third-order valence-corrected chi connectivity index (χ3v) is 6.68. The minimum Gasteiger partial charge on any atom is -0.353 e. The molecule has 2 N–H and O–H groups in total. The van der Waals surface area contributed by atoms with Gasteiger partial charge >= 0.3 is 0 Å². The van der Waals surface area contributed by atoms with Gasteiger partial charge in [-0.25, -0.2) is 5.01 Å². The zero-order valence-corrected chi connectivity index (χ0v) is 23.0. The summed E-state index contributed by atoms with van der Waals surface area (Å²) >= 11 is 0. The Bertz CT molecular complexity index is 1200. The average Bonchev–Trinajstić information content (AvgIpc) is 3.48. The second kappa shape index (κ2) is 12.9. The predicted octanol–water partition coefficient (Wildman–Crippen LogP) is 2.71. The van der Waals surface area contributed by atoms with Gasteiger partial charge in [-0.15, -0.1) is 12.4 Å². The molecule has 1 aliphatic heterocycles. The maximum atomic E-state index is 13.5. The number of aryl methyl sites for hydroxylation is 2. The molecule has 3 aromatic rings. The van der Waals surface area contributed by atoms with Crippen molar-refractivity contribution in [3.8, 4) is 0 Å². The number of nitrogens with zero attached hydrogens (tertiary/aromatic N) is 5. The fourth-order valence-electron chi connectivity index (χ4n) is 4.59. The molecule has 2 amide bonds. The van der Waals surface area contributed by atoms with Crippen molar-refractivity contribution < 1.29 is 9.59 Å². The van der Waals surface area contributed by atoms with E-state index in [-0.39, 0.29) is 37.3 Å². The maximum Gasteiger partial charge on any atom is 0.256 e. The smallest absolute Gasteiger partial charge is 0.256 e. The molecule has 1 aromatic heterocycles. The van der Waals surface area contributed by atoms with Crippen molar-refractivity contribution in [2.45, 2.75) is 40.4 Å². The first-order valence-corrected chi connectivity index (χ1v) is 12.7. The number of hydrogen-bond donors (Lipinski definition) is 2. The van der Waals surface area contributed by atoms with E-state index in [9.17, 15) is 9.59 Å². The molecule has 2 aromatic carbocycles. The quantitative estimate of drug-likeness (QED) is 0.373. The van der Waals surface area contributed by atoms with Crippen LogP contribution >= 0.6 is 12.4 Å². The normalized spacial score (nSPS) is 12.8. The van der Waals surface area contributed by atoms with Crippen LogP contribution in [0.3, 0.4) is 0 Å². The van der Waals surface area contributed by atoms with E-state index in [1.807, 2.05) is 65.9 Å². The maximum absolute atomic E-state index is 13.5. The standard InChI is InChI=1S/C27H37N7O2.ClH/c1-5-28-11-12-29-26(35)18-32(25-14-23-15-33(6-2)30-24(23)13-20(25)3)19-27(36)31(4)34-16-21-9-7-8-10-22(21)17-34;/h7-10,13-15,28H,5-6,11-12,16-19H2,1-4H3,(H,29,35);1H. The second-order valence-corrected chi connectivity index (χ2v) is 9.25. The van der Waals surface area contributed by atoms with Crippen LogP contribution < -0.4 is 15.5 Å². The number of nitrogens with one attached hydrogen (secondary N) is 2. The highest BCUT2D eigenvalue weighted by molar-refractivity contribution is 5.90. The van der Waals surface area contributed by atoms with Crippen LogP contribution in [-0.2, 0) is 29.2 Å². The van der Waals surface area contributed by atoms with E-state index in [1.165, 1.54) is 11.1 Å². The SMILES string of the molecule is CCNCCNC(=O)CN(CC(=O)N(C)N1Cc2ccccc2C1)c1cc2cn(CC)nc2cc1C.Cl. The number of amides is 2. The number of likely N-dealkylation sites (N-methyl/N-ethyl adjacent to an activating group) is 2. The van der Waals surface area contributed by atoms with E-state index < -0.39 is 0 Å². The summed E-state index contributed by atoms with van der Waals surface area (Å²) in [7, 11) is 1.81. The summed E-state index contributed by atoms with van der Waals surface area (Å²) in [6, 6.07) is 12.3. The number of rotatable bonds is 11. The lowest BCUT2D eigenvalue weighted by Crippen LogP contribution is -2.48. The Morgan fingerprint density at radius 2 is 1.76 bits per heavy atom. The van der Waals surface area contributed by atoms with Crippen LogP contribution in [0.1, 0.15) is 30.5 Å². The fraction of sp³-hybridized carbons (Fsp3) is 0.444. The van der Waals surface area contributed by atoms with Crippen molar-refractivity contribution in [3.63, 3.8) is 0 Å². The monoisotopic (exact) mass is 527 g/mol. The van der Waals surface area contributed by atoms with Crippen LogP contribution in [-0.4, -0.2) is 71.4 Å². The van der Waals surface area contributed by atoms with Gasteiger partial charge in [0.2, 0.25) is 5.91 Å². The minimum atomic E-state index is -0.110. The van der Waals surface area contributed by atoms with E-state index in [2.05, 4.69) is 34.8 Å². The molecule has 0 fully saturated rings. The molecule has 0 bridgehead atoms. The second-order valence-electron chi connectivity index (χ2n) is 9.25. The van der Waals surface area contributed by atoms with Crippen LogP contribution in [0.25, 0.3) is 10.9 Å². The van der Waals surface area contributed by atoms with E-state index in [0.717, 1.165) is 35.2 Å². The summed E-state index contributed by atoms with van der Waals surface area (Å²) in [5.74, 6) is -0.173. The zero-order valence-electron chi connectivity index (χ0n) is 22.2. The molecule has 1 aliphatic rings. The summed E-state index contributed by atoms with van der Waals surface area (Å²) in [6.45, 7) is 10.6. The van der Waals surface area contributed by atoms with Gasteiger partial charge in [-0.3, -0.25) is 19.3 Å². The van der Waals surface area contributed by atoms with Crippen molar-refractivity contribution in [1.29, 1.82) is 0 Å². The van der Waals surface area contributed by atoms with Gasteiger partial charge in [-0.05, 0) is 49.2 Å².